The molecular formula is C16H13BrN2OS. The van der Waals surface area contributed by atoms with E-state index in [9.17, 15) is 4.79 Å². The van der Waals surface area contributed by atoms with Crippen molar-refractivity contribution in [3.8, 4) is 0 Å². The van der Waals surface area contributed by atoms with Crippen LogP contribution in [-0.2, 0) is 6.54 Å². The first-order valence-electron chi connectivity index (χ1n) is 6.52. The van der Waals surface area contributed by atoms with E-state index in [1.54, 1.807) is 6.20 Å². The summed E-state index contributed by atoms with van der Waals surface area (Å²) in [5.41, 5.74) is 3.04. The van der Waals surface area contributed by atoms with Crippen molar-refractivity contribution < 1.29 is 4.79 Å². The number of carbonyl (C=O) groups is 1. The van der Waals surface area contributed by atoms with Crippen molar-refractivity contribution in [2.24, 2.45) is 0 Å². The summed E-state index contributed by atoms with van der Waals surface area (Å²) in [5, 5.41) is 4.04. The minimum absolute atomic E-state index is 0.0539. The van der Waals surface area contributed by atoms with E-state index < -0.39 is 0 Å². The third-order valence-electron chi connectivity index (χ3n) is 3.24. The number of thiophene rings is 1. The minimum Gasteiger partial charge on any atom is -0.347 e. The number of para-hydroxylation sites is 1. The average molecular weight is 361 g/mol. The average Bonchev–Trinajstić information content (AvgIpc) is 2.84. The summed E-state index contributed by atoms with van der Waals surface area (Å²) in [6.07, 6.45) is 1.77. The molecule has 0 atom stereocenters. The van der Waals surface area contributed by atoms with Crippen molar-refractivity contribution in [1.29, 1.82) is 0 Å². The number of aryl methyl sites for hydroxylation is 1. The predicted molar refractivity (Wildman–Crippen MR) is 89.7 cm³/mol. The Bertz CT molecular complexity index is 788. The summed E-state index contributed by atoms with van der Waals surface area (Å²) < 4.78 is 1.000. The molecule has 21 heavy (non-hydrogen) atoms. The summed E-state index contributed by atoms with van der Waals surface area (Å²) in [7, 11) is 0. The first-order chi connectivity index (χ1) is 10.1. The zero-order valence-electron chi connectivity index (χ0n) is 11.4. The highest BCUT2D eigenvalue weighted by molar-refractivity contribution is 9.11. The van der Waals surface area contributed by atoms with Crippen LogP contribution in [0.2, 0.25) is 0 Å². The smallest absolute Gasteiger partial charge is 0.261 e. The van der Waals surface area contributed by atoms with Crippen LogP contribution >= 0.6 is 27.3 Å². The number of hydrogen-bond donors (Lipinski definition) is 1. The molecule has 0 aliphatic carbocycles. The maximum Gasteiger partial charge on any atom is 0.261 e. The molecule has 0 aliphatic heterocycles. The Morgan fingerprint density at radius 3 is 2.90 bits per heavy atom. The number of halogens is 1. The van der Waals surface area contributed by atoms with Crippen molar-refractivity contribution in [2.75, 3.05) is 0 Å². The van der Waals surface area contributed by atoms with Crippen LogP contribution in [0.3, 0.4) is 0 Å². The first kappa shape index (κ1) is 14.2. The third-order valence-corrected chi connectivity index (χ3v) is 5.37. The maximum absolute atomic E-state index is 12.2. The van der Waals surface area contributed by atoms with E-state index >= 15 is 0 Å². The van der Waals surface area contributed by atoms with Crippen molar-refractivity contribution in [3.63, 3.8) is 0 Å². The number of fused-ring (bicyclic) bond motifs is 1. The number of carbonyl (C=O) groups excluding carboxylic acids is 1. The molecule has 3 nitrogen and oxygen atoms in total. The zero-order valence-corrected chi connectivity index (χ0v) is 13.8. The molecule has 0 spiro atoms. The summed E-state index contributed by atoms with van der Waals surface area (Å²) in [6, 6.07) is 11.8. The molecule has 1 amide bonds. The normalized spacial score (nSPS) is 10.8. The van der Waals surface area contributed by atoms with Crippen LogP contribution in [0.15, 0.2) is 46.4 Å². The summed E-state index contributed by atoms with van der Waals surface area (Å²) >= 11 is 4.89. The van der Waals surface area contributed by atoms with Crippen LogP contribution in [0.1, 0.15) is 20.8 Å². The molecule has 3 rings (SSSR count). The van der Waals surface area contributed by atoms with E-state index in [0.717, 1.165) is 25.8 Å². The van der Waals surface area contributed by atoms with Crippen LogP contribution in [-0.4, -0.2) is 10.9 Å². The van der Waals surface area contributed by atoms with Gasteiger partial charge in [0.15, 0.2) is 0 Å². The highest BCUT2D eigenvalue weighted by Crippen LogP contribution is 2.27. The molecule has 2 heterocycles. The molecule has 0 radical (unpaired) electrons. The fourth-order valence-corrected chi connectivity index (χ4v) is 3.60. The van der Waals surface area contributed by atoms with Gasteiger partial charge in [-0.05, 0) is 46.1 Å². The molecule has 106 valence electrons. The number of rotatable bonds is 3. The SMILES string of the molecule is Cc1cc(C(=O)NCc2cccc3cccnc23)sc1Br. The van der Waals surface area contributed by atoms with Gasteiger partial charge in [-0.2, -0.15) is 0 Å². The third kappa shape index (κ3) is 2.99. The molecule has 0 saturated carbocycles. The molecule has 0 unspecified atom stereocenters. The molecule has 1 N–H and O–H groups in total. The van der Waals surface area contributed by atoms with E-state index in [1.807, 2.05) is 43.3 Å². The van der Waals surface area contributed by atoms with Crippen molar-refractivity contribution in [3.05, 3.63) is 62.4 Å². The lowest BCUT2D eigenvalue weighted by Gasteiger charge is -2.06. The number of hydrogen-bond acceptors (Lipinski definition) is 3. The second-order valence-electron chi connectivity index (χ2n) is 4.74. The van der Waals surface area contributed by atoms with E-state index in [4.69, 9.17) is 0 Å². The van der Waals surface area contributed by atoms with Gasteiger partial charge < -0.3 is 5.32 Å². The molecule has 0 bridgehead atoms. The lowest BCUT2D eigenvalue weighted by Crippen LogP contribution is -2.22. The van der Waals surface area contributed by atoms with Gasteiger partial charge in [-0.3, -0.25) is 9.78 Å². The second kappa shape index (κ2) is 5.95. The molecule has 1 aromatic carbocycles. The fraction of sp³-hybridized carbons (Fsp3) is 0.125. The van der Waals surface area contributed by atoms with Crippen molar-refractivity contribution >= 4 is 44.1 Å². The van der Waals surface area contributed by atoms with Gasteiger partial charge in [-0.15, -0.1) is 11.3 Å². The largest absolute Gasteiger partial charge is 0.347 e. The molecule has 5 heteroatoms. The highest BCUT2D eigenvalue weighted by atomic mass is 79.9. The topological polar surface area (TPSA) is 42.0 Å². The van der Waals surface area contributed by atoms with Gasteiger partial charge in [0.2, 0.25) is 0 Å². The predicted octanol–water partition coefficient (Wildman–Crippen LogP) is 4.30. The number of pyridine rings is 1. The standard InChI is InChI=1S/C16H13BrN2OS/c1-10-8-13(21-15(10)17)16(20)19-9-12-5-2-4-11-6-3-7-18-14(11)12/h2-8H,9H2,1H3,(H,19,20). The van der Waals surface area contributed by atoms with Gasteiger partial charge >= 0.3 is 0 Å². The van der Waals surface area contributed by atoms with Gasteiger partial charge in [0, 0.05) is 18.1 Å². The second-order valence-corrected chi connectivity index (χ2v) is 7.11. The lowest BCUT2D eigenvalue weighted by molar-refractivity contribution is 0.0955. The Hall–Kier alpha value is -1.72. The van der Waals surface area contributed by atoms with Gasteiger partial charge in [-0.25, -0.2) is 0 Å². The van der Waals surface area contributed by atoms with Gasteiger partial charge in [0.05, 0.1) is 14.2 Å². The fourth-order valence-electron chi connectivity index (χ4n) is 2.14. The Labute approximate surface area is 135 Å². The number of nitrogens with one attached hydrogen (secondary N) is 1. The Morgan fingerprint density at radius 1 is 1.33 bits per heavy atom. The number of amides is 1. The number of benzene rings is 1. The van der Waals surface area contributed by atoms with Gasteiger partial charge in [0.1, 0.15) is 0 Å². The Morgan fingerprint density at radius 2 is 2.14 bits per heavy atom. The Balaban J connectivity index is 1.79. The van der Waals surface area contributed by atoms with Crippen LogP contribution in [0.25, 0.3) is 10.9 Å². The zero-order chi connectivity index (χ0) is 14.8. The molecular weight excluding hydrogens is 348 g/mol. The quantitative estimate of drug-likeness (QED) is 0.756. The molecule has 2 aromatic heterocycles. The van der Waals surface area contributed by atoms with Crippen LogP contribution in [0, 0.1) is 6.92 Å². The molecule has 0 fully saturated rings. The number of aromatic nitrogens is 1. The molecule has 0 aliphatic rings. The van der Waals surface area contributed by atoms with Crippen LogP contribution < -0.4 is 5.32 Å². The van der Waals surface area contributed by atoms with Crippen LogP contribution in [0.5, 0.6) is 0 Å². The molecule has 3 aromatic rings. The molecule has 0 saturated heterocycles. The number of nitrogens with zero attached hydrogens (tertiary/aromatic N) is 1. The summed E-state index contributed by atoms with van der Waals surface area (Å²) in [4.78, 5) is 17.3. The maximum atomic E-state index is 12.2. The Kier molecular flexibility index (Phi) is 4.03. The van der Waals surface area contributed by atoms with E-state index in [2.05, 4.69) is 26.2 Å². The van der Waals surface area contributed by atoms with Gasteiger partial charge in [0.25, 0.3) is 5.91 Å². The lowest BCUT2D eigenvalue weighted by atomic mass is 10.1. The summed E-state index contributed by atoms with van der Waals surface area (Å²) in [5.74, 6) is -0.0539. The van der Waals surface area contributed by atoms with E-state index in [-0.39, 0.29) is 5.91 Å². The highest BCUT2D eigenvalue weighted by Gasteiger charge is 2.11. The van der Waals surface area contributed by atoms with E-state index in [1.165, 1.54) is 11.3 Å². The van der Waals surface area contributed by atoms with Gasteiger partial charge in [-0.1, -0.05) is 24.3 Å². The van der Waals surface area contributed by atoms with E-state index in [0.29, 0.717) is 11.4 Å². The minimum atomic E-state index is -0.0539. The summed E-state index contributed by atoms with van der Waals surface area (Å²) in [6.45, 7) is 2.45. The van der Waals surface area contributed by atoms with Crippen LogP contribution in [0.4, 0.5) is 0 Å². The van der Waals surface area contributed by atoms with Crippen molar-refractivity contribution in [1.82, 2.24) is 10.3 Å². The first-order valence-corrected chi connectivity index (χ1v) is 8.13. The monoisotopic (exact) mass is 360 g/mol. The van der Waals surface area contributed by atoms with Crippen molar-refractivity contribution in [2.45, 2.75) is 13.5 Å².